The number of fused-ring (bicyclic) bond motifs is 2. The van der Waals surface area contributed by atoms with Crippen molar-refractivity contribution in [3.8, 4) is 28.6 Å². The number of imidazole rings is 1. The van der Waals surface area contributed by atoms with Gasteiger partial charge in [0.1, 0.15) is 28.0 Å². The molecule has 3 heterocycles. The Morgan fingerprint density at radius 2 is 1.84 bits per heavy atom. The third-order valence-electron chi connectivity index (χ3n) is 7.66. The van der Waals surface area contributed by atoms with Gasteiger partial charge in [0, 0.05) is 46.0 Å². The number of nitrogens with two attached hydrogens (primary N) is 1. The van der Waals surface area contributed by atoms with Crippen LogP contribution in [0.3, 0.4) is 0 Å². The molecular formula is C30H25F3N4O6S2. The van der Waals surface area contributed by atoms with Gasteiger partial charge >= 0.3 is 0 Å². The summed E-state index contributed by atoms with van der Waals surface area (Å²) in [6, 6.07) is 9.90. The number of aromatic nitrogens is 3. The summed E-state index contributed by atoms with van der Waals surface area (Å²) in [6.45, 7) is 2.19. The molecule has 10 nitrogen and oxygen atoms in total. The van der Waals surface area contributed by atoms with Crippen LogP contribution in [0.1, 0.15) is 30.2 Å². The van der Waals surface area contributed by atoms with E-state index in [1.165, 1.54) is 24.4 Å². The number of H-pyrrole nitrogens is 2. The lowest BCUT2D eigenvalue weighted by molar-refractivity contribution is 0.241. The average molecular weight is 659 g/mol. The Balaban J connectivity index is 1.39. The quantitative estimate of drug-likeness (QED) is 0.194. The van der Waals surface area contributed by atoms with E-state index in [0.717, 1.165) is 23.8 Å². The lowest BCUT2D eigenvalue weighted by Crippen LogP contribution is -2.31. The maximum atomic E-state index is 15.2. The fourth-order valence-corrected chi connectivity index (χ4v) is 6.82. The fourth-order valence-electron chi connectivity index (χ4n) is 5.45. The third kappa shape index (κ3) is 5.47. The molecule has 1 unspecified atom stereocenters. The lowest BCUT2D eigenvalue weighted by Gasteiger charge is -2.35. The number of para-hydroxylation sites is 1. The Labute approximate surface area is 255 Å². The minimum absolute atomic E-state index is 0.0797. The van der Waals surface area contributed by atoms with E-state index in [9.17, 15) is 21.2 Å². The number of nitrogens with one attached hydrogen (secondary N) is 2. The number of primary sulfonamides is 1. The van der Waals surface area contributed by atoms with Gasteiger partial charge in [-0.25, -0.2) is 35.7 Å². The Hall–Kier alpha value is -4.60. The van der Waals surface area contributed by atoms with Crippen LogP contribution in [-0.4, -0.2) is 44.7 Å². The van der Waals surface area contributed by atoms with Crippen molar-refractivity contribution in [2.45, 2.75) is 23.7 Å². The van der Waals surface area contributed by atoms with Gasteiger partial charge in [-0.3, -0.25) is 0 Å². The minimum atomic E-state index is -4.11. The molecule has 0 bridgehead atoms. The predicted octanol–water partition coefficient (Wildman–Crippen LogP) is 5.52. The first-order valence-corrected chi connectivity index (χ1v) is 16.9. The molecule has 0 radical (unpaired) electrons. The summed E-state index contributed by atoms with van der Waals surface area (Å²) < 4.78 is 105. The third-order valence-corrected chi connectivity index (χ3v) is 9.32. The van der Waals surface area contributed by atoms with Gasteiger partial charge in [0.15, 0.2) is 21.4 Å². The molecule has 3 aromatic carbocycles. The van der Waals surface area contributed by atoms with Crippen molar-refractivity contribution in [1.82, 2.24) is 15.0 Å². The normalized spacial score (nSPS) is 17.0. The number of aromatic amines is 2. The Morgan fingerprint density at radius 3 is 2.58 bits per heavy atom. The standard InChI is InChI=1S/C30H25F3N4O6S2/c1-30(10-12-42-26-16(4-3-5-20(26)30)9-13-45(34,40)41)22-15-36-29(37-22)19-14-17(6-7-21(19)31)43-27-24(33)23(32)25-18(8-11-35-25)28(27)44(2,38)39/h3-9,11,13-15,35H,10,12H2,1-2H3,(H,36,37)(H2,34,40,41)/b13-9+. The highest BCUT2D eigenvalue weighted by molar-refractivity contribution is 7.92. The van der Waals surface area contributed by atoms with Crippen LogP contribution in [0.5, 0.6) is 17.2 Å². The van der Waals surface area contributed by atoms with Crippen molar-refractivity contribution >= 4 is 36.8 Å². The molecule has 0 aliphatic carbocycles. The second kappa shape index (κ2) is 10.8. The molecule has 0 amide bonds. The van der Waals surface area contributed by atoms with Crippen molar-refractivity contribution in [2.24, 2.45) is 5.14 Å². The predicted molar refractivity (Wildman–Crippen MR) is 161 cm³/mol. The highest BCUT2D eigenvalue weighted by atomic mass is 32.2. The molecule has 1 aliphatic rings. The summed E-state index contributed by atoms with van der Waals surface area (Å²) in [6.07, 6.45) is 5.54. The van der Waals surface area contributed by atoms with E-state index >= 15 is 8.78 Å². The van der Waals surface area contributed by atoms with Crippen molar-refractivity contribution in [1.29, 1.82) is 0 Å². The summed E-state index contributed by atoms with van der Waals surface area (Å²) in [5.74, 6) is -4.07. The monoisotopic (exact) mass is 658 g/mol. The van der Waals surface area contributed by atoms with Crippen LogP contribution < -0.4 is 14.6 Å². The number of hydrogen-bond donors (Lipinski definition) is 3. The number of ether oxygens (including phenoxy) is 2. The van der Waals surface area contributed by atoms with Gasteiger partial charge in [-0.05, 0) is 43.7 Å². The number of sulfone groups is 1. The summed E-state index contributed by atoms with van der Waals surface area (Å²) in [5, 5.41) is 5.89. The van der Waals surface area contributed by atoms with Crippen molar-refractivity contribution in [3.05, 3.63) is 94.5 Å². The van der Waals surface area contributed by atoms with Crippen LogP contribution in [-0.2, 0) is 25.3 Å². The van der Waals surface area contributed by atoms with Crippen LogP contribution in [0.15, 0.2) is 65.2 Å². The molecule has 1 aliphatic heterocycles. The second-order valence-corrected chi connectivity index (χ2v) is 14.2. The first kappa shape index (κ1) is 30.4. The largest absolute Gasteiger partial charge is 0.493 e. The SMILES string of the molecule is CC1(c2c[nH]c(-c3cc(Oc4c(F)c(F)c5[nH]ccc5c4S(C)(=O)=O)ccc3F)n2)CCOc2c(/C=C/S(N)(=O)=O)cccc21. The second-order valence-electron chi connectivity index (χ2n) is 10.7. The maximum Gasteiger partial charge on any atom is 0.231 e. The summed E-state index contributed by atoms with van der Waals surface area (Å²) in [4.78, 5) is 9.52. The molecule has 15 heteroatoms. The van der Waals surface area contributed by atoms with Crippen molar-refractivity contribution < 1.29 is 39.5 Å². The molecule has 0 spiro atoms. The van der Waals surface area contributed by atoms with Gasteiger partial charge in [0.2, 0.25) is 15.8 Å². The molecule has 2 aromatic heterocycles. The molecule has 1 atom stereocenters. The molecule has 5 aromatic rings. The molecule has 4 N–H and O–H groups in total. The molecule has 45 heavy (non-hydrogen) atoms. The number of benzene rings is 3. The minimum Gasteiger partial charge on any atom is -0.493 e. The van der Waals surface area contributed by atoms with Gasteiger partial charge in [0.25, 0.3) is 0 Å². The van der Waals surface area contributed by atoms with Gasteiger partial charge < -0.3 is 19.4 Å². The first-order chi connectivity index (χ1) is 21.2. The number of hydrogen-bond acceptors (Lipinski definition) is 7. The van der Waals surface area contributed by atoms with Crippen LogP contribution in [0.2, 0.25) is 0 Å². The fraction of sp³-hybridized carbons (Fsp3) is 0.167. The lowest BCUT2D eigenvalue weighted by atomic mass is 9.75. The Morgan fingerprint density at radius 1 is 1.07 bits per heavy atom. The average Bonchev–Trinajstić information content (AvgIpc) is 3.66. The Kier molecular flexibility index (Phi) is 7.29. The van der Waals surface area contributed by atoms with E-state index in [4.69, 9.17) is 14.6 Å². The van der Waals surface area contributed by atoms with E-state index in [2.05, 4.69) is 15.0 Å². The molecular weight excluding hydrogens is 633 g/mol. The molecule has 234 valence electrons. The molecule has 0 saturated carbocycles. The highest BCUT2D eigenvalue weighted by Crippen LogP contribution is 2.45. The number of halogens is 3. The van der Waals surface area contributed by atoms with Gasteiger partial charge in [-0.2, -0.15) is 4.39 Å². The van der Waals surface area contributed by atoms with Crippen molar-refractivity contribution in [3.63, 3.8) is 0 Å². The molecule has 6 rings (SSSR count). The van der Waals surface area contributed by atoms with Crippen LogP contribution in [0, 0.1) is 17.5 Å². The topological polar surface area (TPSA) is 157 Å². The Bertz CT molecular complexity index is 2250. The van der Waals surface area contributed by atoms with Crippen LogP contribution >= 0.6 is 0 Å². The van der Waals surface area contributed by atoms with Gasteiger partial charge in [-0.15, -0.1) is 0 Å². The van der Waals surface area contributed by atoms with Crippen molar-refractivity contribution in [2.75, 3.05) is 12.9 Å². The van der Waals surface area contributed by atoms with E-state index in [1.807, 2.05) is 13.0 Å². The van der Waals surface area contributed by atoms with E-state index in [-0.39, 0.29) is 34.6 Å². The number of sulfonamides is 1. The smallest absolute Gasteiger partial charge is 0.231 e. The number of rotatable bonds is 7. The van der Waals surface area contributed by atoms with E-state index < -0.39 is 53.4 Å². The van der Waals surface area contributed by atoms with Crippen LogP contribution in [0.4, 0.5) is 13.2 Å². The summed E-state index contributed by atoms with van der Waals surface area (Å²) >= 11 is 0. The number of nitrogens with zero attached hydrogens (tertiary/aromatic N) is 1. The summed E-state index contributed by atoms with van der Waals surface area (Å²) in [7, 11) is -7.99. The highest BCUT2D eigenvalue weighted by Gasteiger charge is 2.38. The van der Waals surface area contributed by atoms with Gasteiger partial charge in [0.05, 0.1) is 23.4 Å². The first-order valence-electron chi connectivity index (χ1n) is 13.4. The van der Waals surface area contributed by atoms with E-state index in [1.54, 1.807) is 18.3 Å². The summed E-state index contributed by atoms with van der Waals surface area (Å²) in [5.41, 5.74) is 0.574. The maximum absolute atomic E-state index is 15.2. The zero-order chi connectivity index (χ0) is 32.3. The molecule has 0 fully saturated rings. The zero-order valence-electron chi connectivity index (χ0n) is 23.7. The zero-order valence-corrected chi connectivity index (χ0v) is 25.3. The van der Waals surface area contributed by atoms with Crippen LogP contribution in [0.25, 0.3) is 28.4 Å². The van der Waals surface area contributed by atoms with Gasteiger partial charge in [-0.1, -0.05) is 18.2 Å². The molecule has 0 saturated heterocycles. The van der Waals surface area contributed by atoms with E-state index in [0.29, 0.717) is 29.0 Å².